The summed E-state index contributed by atoms with van der Waals surface area (Å²) in [6, 6.07) is 15.3. The second-order valence-electron chi connectivity index (χ2n) is 7.27. The van der Waals surface area contributed by atoms with Gasteiger partial charge in [0.2, 0.25) is 0 Å². The maximum atomic E-state index is 12.9. The van der Waals surface area contributed by atoms with Gasteiger partial charge in [0.05, 0.1) is 0 Å². The third kappa shape index (κ3) is 4.31. The average molecular weight is 397 g/mol. The molecule has 0 spiro atoms. The molecule has 0 saturated carbocycles. The van der Waals surface area contributed by atoms with E-state index in [2.05, 4.69) is 16.1 Å². The summed E-state index contributed by atoms with van der Waals surface area (Å²) in [6.45, 7) is 5.68. The Morgan fingerprint density at radius 3 is 2.57 bits per heavy atom. The van der Waals surface area contributed by atoms with Crippen molar-refractivity contribution in [3.05, 3.63) is 65.2 Å². The minimum absolute atomic E-state index is 0.185. The van der Waals surface area contributed by atoms with E-state index in [4.69, 9.17) is 12.2 Å². The standard InChI is InChI=1S/C21H24N4O2S/c1-14-9-10-15(2)17(13-14)22-19(28)24-25-18(26)21(3,23-20(25)27)12-11-16-7-5-4-6-8-16/h4-10,13H,11-12H2,1-3H3,(H,23,27)(H2,22,24,28)/t21-/m0/s1. The number of rotatable bonds is 5. The Hall–Kier alpha value is -2.93. The zero-order valence-electron chi connectivity index (χ0n) is 16.2. The molecular formula is C21H24N4O2S. The molecule has 1 saturated heterocycles. The monoisotopic (exact) mass is 396 g/mol. The predicted molar refractivity (Wildman–Crippen MR) is 114 cm³/mol. The Bertz CT molecular complexity index is 916. The summed E-state index contributed by atoms with van der Waals surface area (Å²) in [4.78, 5) is 25.2. The molecule has 28 heavy (non-hydrogen) atoms. The van der Waals surface area contributed by atoms with Gasteiger partial charge in [0.15, 0.2) is 5.11 Å². The maximum absolute atomic E-state index is 12.9. The highest BCUT2D eigenvalue weighted by molar-refractivity contribution is 7.80. The van der Waals surface area contributed by atoms with E-state index in [-0.39, 0.29) is 11.0 Å². The van der Waals surface area contributed by atoms with Crippen molar-refractivity contribution in [3.8, 4) is 0 Å². The largest absolute Gasteiger partial charge is 0.344 e. The van der Waals surface area contributed by atoms with Crippen LogP contribution in [0.2, 0.25) is 0 Å². The van der Waals surface area contributed by atoms with Crippen molar-refractivity contribution in [2.75, 3.05) is 5.32 Å². The van der Waals surface area contributed by atoms with Gasteiger partial charge >= 0.3 is 6.03 Å². The highest BCUT2D eigenvalue weighted by Gasteiger charge is 2.48. The van der Waals surface area contributed by atoms with Crippen molar-refractivity contribution in [3.63, 3.8) is 0 Å². The molecule has 1 atom stereocenters. The van der Waals surface area contributed by atoms with Crippen LogP contribution < -0.4 is 16.1 Å². The van der Waals surface area contributed by atoms with Crippen molar-refractivity contribution in [2.45, 2.75) is 39.2 Å². The van der Waals surface area contributed by atoms with Gasteiger partial charge in [0.25, 0.3) is 5.91 Å². The van der Waals surface area contributed by atoms with E-state index in [9.17, 15) is 9.59 Å². The molecule has 6 nitrogen and oxygen atoms in total. The summed E-state index contributed by atoms with van der Waals surface area (Å²) in [5.41, 5.74) is 5.78. The van der Waals surface area contributed by atoms with Gasteiger partial charge in [-0.3, -0.25) is 10.2 Å². The number of benzene rings is 2. The lowest BCUT2D eigenvalue weighted by Crippen LogP contribution is -2.50. The van der Waals surface area contributed by atoms with Gasteiger partial charge in [0, 0.05) is 5.69 Å². The minimum atomic E-state index is -0.977. The van der Waals surface area contributed by atoms with E-state index in [1.807, 2.05) is 62.4 Å². The van der Waals surface area contributed by atoms with Gasteiger partial charge in [-0.2, -0.15) is 5.01 Å². The first-order valence-corrected chi connectivity index (χ1v) is 9.55. The third-order valence-electron chi connectivity index (χ3n) is 4.87. The molecule has 1 aliphatic rings. The quantitative estimate of drug-likeness (QED) is 0.533. The van der Waals surface area contributed by atoms with Crippen LogP contribution in [0, 0.1) is 13.8 Å². The first-order valence-electron chi connectivity index (χ1n) is 9.14. The van der Waals surface area contributed by atoms with E-state index in [1.54, 1.807) is 6.92 Å². The number of nitrogens with zero attached hydrogens (tertiary/aromatic N) is 1. The SMILES string of the molecule is Cc1ccc(C)c(NC(=S)NN2C(=O)N[C@@](C)(CCc3ccccc3)C2=O)c1. The zero-order valence-corrected chi connectivity index (χ0v) is 17.0. The average Bonchev–Trinajstić information content (AvgIpc) is 2.87. The van der Waals surface area contributed by atoms with Crippen LogP contribution in [0.3, 0.4) is 0 Å². The van der Waals surface area contributed by atoms with Crippen molar-refractivity contribution >= 4 is 35.0 Å². The molecule has 146 valence electrons. The lowest BCUT2D eigenvalue weighted by atomic mass is 9.93. The number of hydrogen-bond acceptors (Lipinski definition) is 3. The van der Waals surface area contributed by atoms with E-state index >= 15 is 0 Å². The van der Waals surface area contributed by atoms with Gasteiger partial charge < -0.3 is 10.6 Å². The maximum Gasteiger partial charge on any atom is 0.344 e. The minimum Gasteiger partial charge on any atom is -0.331 e. The number of carbonyl (C=O) groups excluding carboxylic acids is 2. The van der Waals surface area contributed by atoms with Crippen LogP contribution in [0.4, 0.5) is 10.5 Å². The molecule has 1 heterocycles. The molecule has 3 N–H and O–H groups in total. The van der Waals surface area contributed by atoms with Gasteiger partial charge in [-0.05, 0) is 68.6 Å². The Morgan fingerprint density at radius 1 is 1.14 bits per heavy atom. The number of thiocarbonyl (C=S) groups is 1. The molecule has 0 bridgehead atoms. The van der Waals surface area contributed by atoms with E-state index in [0.717, 1.165) is 27.4 Å². The van der Waals surface area contributed by atoms with Crippen molar-refractivity contribution in [1.29, 1.82) is 0 Å². The molecule has 3 rings (SSSR count). The summed E-state index contributed by atoms with van der Waals surface area (Å²) >= 11 is 5.30. The lowest BCUT2D eigenvalue weighted by molar-refractivity contribution is -0.132. The van der Waals surface area contributed by atoms with Gasteiger partial charge in [-0.15, -0.1) is 0 Å². The molecule has 2 aromatic rings. The second kappa shape index (κ2) is 7.98. The van der Waals surface area contributed by atoms with Crippen molar-refractivity contribution in [2.24, 2.45) is 0 Å². The summed E-state index contributed by atoms with van der Waals surface area (Å²) in [5, 5.41) is 6.96. The first kappa shape index (κ1) is 19.8. The Balaban J connectivity index is 1.64. The second-order valence-corrected chi connectivity index (χ2v) is 7.68. The van der Waals surface area contributed by atoms with Crippen LogP contribution in [-0.4, -0.2) is 27.6 Å². The van der Waals surface area contributed by atoms with Gasteiger partial charge in [-0.1, -0.05) is 42.5 Å². The third-order valence-corrected chi connectivity index (χ3v) is 5.07. The normalized spacial score (nSPS) is 18.8. The van der Waals surface area contributed by atoms with Crippen LogP contribution in [-0.2, 0) is 11.2 Å². The fourth-order valence-electron chi connectivity index (χ4n) is 3.12. The lowest BCUT2D eigenvalue weighted by Gasteiger charge is -2.22. The van der Waals surface area contributed by atoms with Crippen LogP contribution in [0.1, 0.15) is 30.0 Å². The molecule has 3 amide bonds. The van der Waals surface area contributed by atoms with Crippen LogP contribution in [0.25, 0.3) is 0 Å². The van der Waals surface area contributed by atoms with E-state index in [1.165, 1.54) is 0 Å². The number of urea groups is 1. The van der Waals surface area contributed by atoms with E-state index < -0.39 is 11.6 Å². The molecule has 2 aromatic carbocycles. The Labute approximate surface area is 170 Å². The Kier molecular flexibility index (Phi) is 5.65. The van der Waals surface area contributed by atoms with Crippen LogP contribution in [0.15, 0.2) is 48.5 Å². The Morgan fingerprint density at radius 2 is 1.86 bits per heavy atom. The fourth-order valence-corrected chi connectivity index (χ4v) is 3.32. The van der Waals surface area contributed by atoms with Crippen LogP contribution >= 0.6 is 12.2 Å². The number of amides is 3. The number of aryl methyl sites for hydroxylation is 3. The number of hydrazine groups is 1. The number of carbonyl (C=O) groups is 2. The smallest absolute Gasteiger partial charge is 0.331 e. The van der Waals surface area contributed by atoms with Crippen molar-refractivity contribution in [1.82, 2.24) is 15.8 Å². The fraction of sp³-hybridized carbons (Fsp3) is 0.286. The number of nitrogens with one attached hydrogen (secondary N) is 3. The molecule has 0 unspecified atom stereocenters. The molecular weight excluding hydrogens is 372 g/mol. The number of imide groups is 1. The summed E-state index contributed by atoms with van der Waals surface area (Å²) < 4.78 is 0. The summed E-state index contributed by atoms with van der Waals surface area (Å²) in [6.07, 6.45) is 1.18. The van der Waals surface area contributed by atoms with Gasteiger partial charge in [0.1, 0.15) is 5.54 Å². The summed E-state index contributed by atoms with van der Waals surface area (Å²) in [7, 11) is 0. The van der Waals surface area contributed by atoms with Crippen molar-refractivity contribution < 1.29 is 9.59 Å². The summed E-state index contributed by atoms with van der Waals surface area (Å²) in [5.74, 6) is -0.349. The zero-order chi connectivity index (χ0) is 20.3. The first-order chi connectivity index (χ1) is 13.3. The molecule has 0 radical (unpaired) electrons. The van der Waals surface area contributed by atoms with Crippen LogP contribution in [0.5, 0.6) is 0 Å². The number of hydrogen-bond donors (Lipinski definition) is 3. The highest BCUT2D eigenvalue weighted by Crippen LogP contribution is 2.22. The predicted octanol–water partition coefficient (Wildman–Crippen LogP) is 3.45. The molecule has 1 fully saturated rings. The molecule has 7 heteroatoms. The van der Waals surface area contributed by atoms with E-state index in [0.29, 0.717) is 12.8 Å². The molecule has 0 aliphatic carbocycles. The topological polar surface area (TPSA) is 73.5 Å². The highest BCUT2D eigenvalue weighted by atomic mass is 32.1. The number of anilines is 1. The van der Waals surface area contributed by atoms with Gasteiger partial charge in [-0.25, -0.2) is 4.79 Å². The molecule has 0 aromatic heterocycles. The molecule has 1 aliphatic heterocycles.